The van der Waals surface area contributed by atoms with E-state index in [2.05, 4.69) is 140 Å². The molecular formula is C49H29N3OS. The molecule has 7 aromatic carbocycles. The van der Waals surface area contributed by atoms with Crippen LogP contribution in [0.2, 0.25) is 0 Å². The third-order valence-corrected chi connectivity index (χ3v) is 11.5. The quantitative estimate of drug-likeness (QED) is 0.179. The minimum absolute atomic E-state index is 0.664. The van der Waals surface area contributed by atoms with Crippen molar-refractivity contribution in [3.63, 3.8) is 0 Å². The summed E-state index contributed by atoms with van der Waals surface area (Å²) in [5, 5.41) is 5.87. The summed E-state index contributed by atoms with van der Waals surface area (Å²) < 4.78 is 9.09. The molecule has 0 radical (unpaired) electrons. The van der Waals surface area contributed by atoms with E-state index in [4.69, 9.17) is 19.4 Å². The van der Waals surface area contributed by atoms with E-state index in [0.717, 1.165) is 72.2 Å². The number of hydrogen-bond acceptors (Lipinski definition) is 5. The molecule has 4 aromatic heterocycles. The number of fused-ring (bicyclic) bond motifs is 8. The first-order valence-corrected chi connectivity index (χ1v) is 18.8. The van der Waals surface area contributed by atoms with Gasteiger partial charge in [-0.15, -0.1) is 11.3 Å². The van der Waals surface area contributed by atoms with E-state index in [-0.39, 0.29) is 0 Å². The molecule has 4 heterocycles. The second-order valence-electron chi connectivity index (χ2n) is 13.5. The van der Waals surface area contributed by atoms with Crippen LogP contribution in [0.15, 0.2) is 180 Å². The van der Waals surface area contributed by atoms with E-state index in [1.54, 1.807) is 0 Å². The molecule has 11 rings (SSSR count). The van der Waals surface area contributed by atoms with Gasteiger partial charge < -0.3 is 4.42 Å². The fourth-order valence-electron chi connectivity index (χ4n) is 7.68. The SMILES string of the molecule is c1ccc(-c2cc(-c3ccc(-c4cccc5c4sc4ccccc45)cc3)nc(-c3ccc(-c4nc5ccccc5c5c4oc4ccccc45)cc3)n2)cc1. The van der Waals surface area contributed by atoms with Crippen LogP contribution in [-0.4, -0.2) is 15.0 Å². The molecule has 11 aromatic rings. The van der Waals surface area contributed by atoms with E-state index >= 15 is 0 Å². The molecule has 0 atom stereocenters. The Morgan fingerprint density at radius 2 is 1.04 bits per heavy atom. The van der Waals surface area contributed by atoms with Gasteiger partial charge in [-0.1, -0.05) is 152 Å². The fraction of sp³-hybridized carbons (Fsp3) is 0. The highest BCUT2D eigenvalue weighted by Gasteiger charge is 2.18. The van der Waals surface area contributed by atoms with Crippen LogP contribution >= 0.6 is 11.3 Å². The van der Waals surface area contributed by atoms with Gasteiger partial charge in [0, 0.05) is 58.6 Å². The number of pyridine rings is 1. The van der Waals surface area contributed by atoms with E-state index in [1.165, 1.54) is 31.3 Å². The van der Waals surface area contributed by atoms with Crippen LogP contribution in [0, 0.1) is 0 Å². The summed E-state index contributed by atoms with van der Waals surface area (Å²) in [5.41, 5.74) is 11.5. The predicted octanol–water partition coefficient (Wildman–Crippen LogP) is 13.6. The second-order valence-corrected chi connectivity index (χ2v) is 14.6. The predicted molar refractivity (Wildman–Crippen MR) is 225 cm³/mol. The third-order valence-electron chi connectivity index (χ3n) is 10.3. The molecule has 252 valence electrons. The van der Waals surface area contributed by atoms with Gasteiger partial charge in [-0.2, -0.15) is 0 Å². The van der Waals surface area contributed by atoms with Gasteiger partial charge in [0.05, 0.1) is 16.9 Å². The first-order valence-electron chi connectivity index (χ1n) is 18.0. The Morgan fingerprint density at radius 1 is 0.426 bits per heavy atom. The summed E-state index contributed by atoms with van der Waals surface area (Å²) in [5.74, 6) is 0.664. The zero-order valence-corrected chi connectivity index (χ0v) is 29.7. The van der Waals surface area contributed by atoms with Crippen LogP contribution < -0.4 is 0 Å². The molecule has 0 N–H and O–H groups in total. The average Bonchev–Trinajstić information content (AvgIpc) is 3.83. The van der Waals surface area contributed by atoms with Crippen molar-refractivity contribution in [3.8, 4) is 56.3 Å². The van der Waals surface area contributed by atoms with Gasteiger partial charge in [0.25, 0.3) is 0 Å². The number of nitrogens with zero attached hydrogens (tertiary/aromatic N) is 3. The average molecular weight is 708 g/mol. The molecule has 0 saturated heterocycles. The molecule has 0 saturated carbocycles. The molecule has 0 spiro atoms. The Hall–Kier alpha value is -6.95. The van der Waals surface area contributed by atoms with Crippen molar-refractivity contribution in [2.45, 2.75) is 0 Å². The molecular weight excluding hydrogens is 679 g/mol. The maximum Gasteiger partial charge on any atom is 0.162 e. The zero-order chi connectivity index (χ0) is 35.6. The fourth-order valence-corrected chi connectivity index (χ4v) is 8.92. The molecule has 5 heteroatoms. The number of rotatable bonds is 5. The lowest BCUT2D eigenvalue weighted by Gasteiger charge is -2.11. The van der Waals surface area contributed by atoms with E-state index in [9.17, 15) is 0 Å². The van der Waals surface area contributed by atoms with E-state index in [0.29, 0.717) is 5.82 Å². The second kappa shape index (κ2) is 12.3. The monoisotopic (exact) mass is 707 g/mol. The molecule has 0 amide bonds. The van der Waals surface area contributed by atoms with Crippen molar-refractivity contribution in [2.75, 3.05) is 0 Å². The van der Waals surface area contributed by atoms with Crippen molar-refractivity contribution in [1.82, 2.24) is 15.0 Å². The van der Waals surface area contributed by atoms with Gasteiger partial charge in [-0.05, 0) is 35.4 Å². The molecule has 0 aliphatic rings. The summed E-state index contributed by atoms with van der Waals surface area (Å²) in [6, 6.07) is 61.3. The normalized spacial score (nSPS) is 11.7. The summed E-state index contributed by atoms with van der Waals surface area (Å²) in [4.78, 5) is 15.4. The lowest BCUT2D eigenvalue weighted by atomic mass is 10.00. The Balaban J connectivity index is 1.00. The van der Waals surface area contributed by atoms with Gasteiger partial charge in [-0.25, -0.2) is 15.0 Å². The van der Waals surface area contributed by atoms with Crippen molar-refractivity contribution in [3.05, 3.63) is 176 Å². The van der Waals surface area contributed by atoms with Gasteiger partial charge in [0.2, 0.25) is 0 Å². The Labute approximate surface area is 314 Å². The smallest absolute Gasteiger partial charge is 0.162 e. The standard InChI is InChI=1S/C49H29N3OS/c1-2-11-31(12-3-1)41-29-42(32-23-21-30(22-24-32)35-16-10-17-37-36-13-6-9-20-44(36)54-48(35)37)52-49(51-41)34-27-25-33(26-28-34)46-47-45(38-14-4-7-18-40(38)50-46)39-15-5-8-19-43(39)53-47/h1-29H. The van der Waals surface area contributed by atoms with Crippen LogP contribution in [-0.2, 0) is 0 Å². The number of hydrogen-bond donors (Lipinski definition) is 0. The minimum atomic E-state index is 0.664. The maximum atomic E-state index is 6.48. The molecule has 0 fully saturated rings. The van der Waals surface area contributed by atoms with Crippen molar-refractivity contribution >= 4 is 64.4 Å². The van der Waals surface area contributed by atoms with Gasteiger partial charge in [0.1, 0.15) is 11.3 Å². The number of para-hydroxylation sites is 2. The molecule has 0 aliphatic heterocycles. The summed E-state index contributed by atoms with van der Waals surface area (Å²) in [6.07, 6.45) is 0. The highest BCUT2D eigenvalue weighted by molar-refractivity contribution is 7.26. The van der Waals surface area contributed by atoms with Crippen LogP contribution in [0.4, 0.5) is 0 Å². The maximum absolute atomic E-state index is 6.48. The van der Waals surface area contributed by atoms with Crippen molar-refractivity contribution in [2.24, 2.45) is 0 Å². The highest BCUT2D eigenvalue weighted by Crippen LogP contribution is 2.41. The summed E-state index contributed by atoms with van der Waals surface area (Å²) in [6.45, 7) is 0. The van der Waals surface area contributed by atoms with Crippen molar-refractivity contribution < 1.29 is 4.42 Å². The lowest BCUT2D eigenvalue weighted by molar-refractivity contribution is 0.669. The highest BCUT2D eigenvalue weighted by atomic mass is 32.1. The number of furan rings is 1. The largest absolute Gasteiger partial charge is 0.454 e. The lowest BCUT2D eigenvalue weighted by Crippen LogP contribution is -1.96. The van der Waals surface area contributed by atoms with Crippen LogP contribution in [0.1, 0.15) is 0 Å². The topological polar surface area (TPSA) is 51.8 Å². The zero-order valence-electron chi connectivity index (χ0n) is 28.9. The molecule has 0 bridgehead atoms. The Kier molecular flexibility index (Phi) is 7.00. The van der Waals surface area contributed by atoms with Gasteiger partial charge in [-0.3, -0.25) is 0 Å². The molecule has 0 aliphatic carbocycles. The number of benzene rings is 7. The van der Waals surface area contributed by atoms with Crippen molar-refractivity contribution in [1.29, 1.82) is 0 Å². The molecule has 54 heavy (non-hydrogen) atoms. The van der Waals surface area contributed by atoms with Crippen LogP contribution in [0.3, 0.4) is 0 Å². The first kappa shape index (κ1) is 30.7. The summed E-state index contributed by atoms with van der Waals surface area (Å²) in [7, 11) is 0. The molecule has 0 unspecified atom stereocenters. The third kappa shape index (κ3) is 5.01. The Bertz CT molecular complexity index is 3200. The van der Waals surface area contributed by atoms with E-state index in [1.807, 2.05) is 47.7 Å². The first-order chi connectivity index (χ1) is 26.7. The van der Waals surface area contributed by atoms with Gasteiger partial charge >= 0.3 is 0 Å². The number of thiophene rings is 1. The minimum Gasteiger partial charge on any atom is -0.454 e. The van der Waals surface area contributed by atoms with Gasteiger partial charge in [0.15, 0.2) is 11.4 Å². The number of aromatic nitrogens is 3. The molecule has 4 nitrogen and oxygen atoms in total. The Morgan fingerprint density at radius 3 is 1.85 bits per heavy atom. The van der Waals surface area contributed by atoms with Crippen LogP contribution in [0.25, 0.3) is 109 Å². The van der Waals surface area contributed by atoms with E-state index < -0.39 is 0 Å². The summed E-state index contributed by atoms with van der Waals surface area (Å²) >= 11 is 1.85. The van der Waals surface area contributed by atoms with Crippen LogP contribution in [0.5, 0.6) is 0 Å².